The number of benzene rings is 4. The molecule has 4 aromatic rings. The van der Waals surface area contributed by atoms with Gasteiger partial charge in [0.05, 0.1) is 0 Å². The molecule has 0 atom stereocenters. The van der Waals surface area contributed by atoms with Gasteiger partial charge in [0.1, 0.15) is 0 Å². The second kappa shape index (κ2) is 9.73. The Labute approximate surface area is 186 Å². The molecule has 0 unspecified atom stereocenters. The molecule has 4 rings (SSSR count). The quantitative estimate of drug-likeness (QED) is 0.261. The van der Waals surface area contributed by atoms with E-state index >= 15 is 0 Å². The van der Waals surface area contributed by atoms with Gasteiger partial charge in [0, 0.05) is 0 Å². The summed E-state index contributed by atoms with van der Waals surface area (Å²) in [5.41, 5.74) is 2.70. The van der Waals surface area contributed by atoms with E-state index in [2.05, 4.69) is 122 Å². The third-order valence-electron chi connectivity index (χ3n) is 5.98. The van der Waals surface area contributed by atoms with Gasteiger partial charge in [0.25, 0.3) is 0 Å². The van der Waals surface area contributed by atoms with Crippen LogP contribution in [0.15, 0.2) is 135 Å². The molecule has 0 fully saturated rings. The number of hydrogen-bond donors (Lipinski definition) is 0. The van der Waals surface area contributed by atoms with Gasteiger partial charge >= 0.3 is 187 Å². The molecule has 0 aliphatic heterocycles. The van der Waals surface area contributed by atoms with Gasteiger partial charge in [0.2, 0.25) is 0 Å². The zero-order chi connectivity index (χ0) is 21.5. The van der Waals surface area contributed by atoms with Gasteiger partial charge in [-0.25, -0.2) is 0 Å². The van der Waals surface area contributed by atoms with E-state index in [1.165, 1.54) is 32.3 Å². The summed E-state index contributed by atoms with van der Waals surface area (Å²) in [4.78, 5) is 0. The molecule has 0 bridgehead atoms. The molecular weight excluding hydrogens is 391 g/mol. The van der Waals surface area contributed by atoms with Crippen LogP contribution in [0.5, 0.6) is 0 Å². The molecule has 0 aliphatic rings. The van der Waals surface area contributed by atoms with Crippen molar-refractivity contribution in [3.05, 3.63) is 146 Å². The molecule has 4 aromatic carbocycles. The fourth-order valence-corrected chi connectivity index (χ4v) is 10.0. The van der Waals surface area contributed by atoms with Gasteiger partial charge < -0.3 is 0 Å². The van der Waals surface area contributed by atoms with Gasteiger partial charge in [-0.3, -0.25) is 0 Å². The first kappa shape index (κ1) is 21.0. The maximum atomic E-state index is 4.05. The molecular formula is C30H29P. The summed E-state index contributed by atoms with van der Waals surface area (Å²) in [5, 5.41) is 5.66. The van der Waals surface area contributed by atoms with Crippen LogP contribution in [-0.4, -0.2) is 0 Å². The first-order valence-electron chi connectivity index (χ1n) is 10.8. The molecule has 31 heavy (non-hydrogen) atoms. The first-order chi connectivity index (χ1) is 15.3. The predicted molar refractivity (Wildman–Crippen MR) is 140 cm³/mol. The van der Waals surface area contributed by atoms with Gasteiger partial charge in [-0.15, -0.1) is 0 Å². The molecule has 0 aliphatic carbocycles. The molecule has 0 radical (unpaired) electrons. The van der Waals surface area contributed by atoms with Crippen molar-refractivity contribution in [1.29, 1.82) is 0 Å². The van der Waals surface area contributed by atoms with Crippen LogP contribution in [0, 0.1) is 0 Å². The van der Waals surface area contributed by atoms with E-state index in [0.717, 1.165) is 12.8 Å². The summed E-state index contributed by atoms with van der Waals surface area (Å²) in [5.74, 6) is 0. The van der Waals surface area contributed by atoms with Gasteiger partial charge in [-0.2, -0.15) is 0 Å². The van der Waals surface area contributed by atoms with Crippen LogP contribution in [0.1, 0.15) is 11.1 Å². The third-order valence-corrected chi connectivity index (χ3v) is 11.0. The summed E-state index contributed by atoms with van der Waals surface area (Å²) >= 11 is 0. The third kappa shape index (κ3) is 3.92. The minimum atomic E-state index is -2.56. The number of hydrogen-bond acceptors (Lipinski definition) is 0. The summed E-state index contributed by atoms with van der Waals surface area (Å²) in [6.45, 7) is 8.09. The van der Waals surface area contributed by atoms with E-state index in [1.807, 2.05) is 12.2 Å². The zero-order valence-corrected chi connectivity index (χ0v) is 18.9. The molecule has 0 saturated heterocycles. The van der Waals surface area contributed by atoms with Crippen LogP contribution < -0.4 is 21.2 Å². The monoisotopic (exact) mass is 420 g/mol. The van der Waals surface area contributed by atoms with Crippen molar-refractivity contribution in [2.24, 2.45) is 0 Å². The Hall–Kier alpha value is -3.21. The summed E-state index contributed by atoms with van der Waals surface area (Å²) in [6, 6.07) is 40.0. The van der Waals surface area contributed by atoms with E-state index in [9.17, 15) is 0 Å². The maximum absolute atomic E-state index is 4.05. The van der Waals surface area contributed by atoms with E-state index in [1.54, 1.807) is 0 Å². The second-order valence-electron chi connectivity index (χ2n) is 7.78. The van der Waals surface area contributed by atoms with Crippen LogP contribution in [0.2, 0.25) is 0 Å². The fraction of sp³-hybridized carbons (Fsp3) is 0.0667. The fourth-order valence-electron chi connectivity index (χ4n) is 4.75. The van der Waals surface area contributed by atoms with E-state index in [-0.39, 0.29) is 0 Å². The SMILES string of the molecule is C=CCc1ccccc1[PH](c1ccccc1)(c1ccccc1)c1ccccc1CC=C. The molecule has 0 saturated carbocycles. The van der Waals surface area contributed by atoms with E-state index in [4.69, 9.17) is 0 Å². The van der Waals surface area contributed by atoms with Crippen LogP contribution >= 0.6 is 7.26 Å². The molecule has 154 valence electrons. The topological polar surface area (TPSA) is 0 Å². The molecule has 0 aromatic heterocycles. The molecule has 0 N–H and O–H groups in total. The van der Waals surface area contributed by atoms with Crippen LogP contribution in [0.25, 0.3) is 0 Å². The average molecular weight is 421 g/mol. The van der Waals surface area contributed by atoms with Crippen molar-refractivity contribution < 1.29 is 0 Å². The Morgan fingerprint density at radius 2 is 0.839 bits per heavy atom. The molecule has 1 heteroatoms. The van der Waals surface area contributed by atoms with Gasteiger partial charge in [-0.05, 0) is 0 Å². The van der Waals surface area contributed by atoms with Gasteiger partial charge in [-0.1, -0.05) is 0 Å². The Morgan fingerprint density at radius 3 is 1.23 bits per heavy atom. The Morgan fingerprint density at radius 1 is 0.484 bits per heavy atom. The normalized spacial score (nSPS) is 11.6. The first-order valence-corrected chi connectivity index (χ1v) is 12.8. The minimum absolute atomic E-state index is 0.855. The predicted octanol–water partition coefficient (Wildman–Crippen LogP) is 5.50. The standard InChI is InChI=1S/C30H29P/c1-3-15-25-17-11-13-23-29(25)31(27-19-7-5-8-20-27,28-21-9-6-10-22-28)30-24-14-12-18-26(30)16-4-2/h3-14,17-24,31H,1-2,15-16H2. The van der Waals surface area contributed by atoms with Crippen molar-refractivity contribution in [3.8, 4) is 0 Å². The summed E-state index contributed by atoms with van der Waals surface area (Å²) in [6.07, 6.45) is 5.75. The van der Waals surface area contributed by atoms with E-state index in [0.29, 0.717) is 0 Å². The average Bonchev–Trinajstić information content (AvgIpc) is 2.83. The Bertz CT molecular complexity index is 1060. The van der Waals surface area contributed by atoms with Crippen molar-refractivity contribution in [3.63, 3.8) is 0 Å². The molecule has 0 nitrogen and oxygen atoms in total. The van der Waals surface area contributed by atoms with Crippen LogP contribution in [0.4, 0.5) is 0 Å². The number of allylic oxidation sites excluding steroid dienone is 2. The molecule has 0 amide bonds. The van der Waals surface area contributed by atoms with Crippen molar-refractivity contribution >= 4 is 28.5 Å². The van der Waals surface area contributed by atoms with Crippen LogP contribution in [-0.2, 0) is 12.8 Å². The summed E-state index contributed by atoms with van der Waals surface area (Å²) in [7, 11) is -2.56. The van der Waals surface area contributed by atoms with Crippen LogP contribution in [0.3, 0.4) is 0 Å². The van der Waals surface area contributed by atoms with Gasteiger partial charge in [0.15, 0.2) is 0 Å². The van der Waals surface area contributed by atoms with Crippen molar-refractivity contribution in [2.45, 2.75) is 12.8 Å². The van der Waals surface area contributed by atoms with Crippen molar-refractivity contribution in [2.75, 3.05) is 0 Å². The number of rotatable bonds is 8. The Balaban J connectivity index is 2.20. The molecule has 0 heterocycles. The zero-order valence-electron chi connectivity index (χ0n) is 17.9. The van der Waals surface area contributed by atoms with Crippen molar-refractivity contribution in [1.82, 2.24) is 0 Å². The van der Waals surface area contributed by atoms with E-state index < -0.39 is 7.26 Å². The summed E-state index contributed by atoms with van der Waals surface area (Å²) < 4.78 is 0. The Kier molecular flexibility index (Phi) is 6.60. The second-order valence-corrected chi connectivity index (χ2v) is 11.5. The molecule has 0 spiro atoms.